The number of hydrogen-bond donors (Lipinski definition) is 2. The molecule has 15 heavy (non-hydrogen) atoms. The van der Waals surface area contributed by atoms with Gasteiger partial charge in [-0.3, -0.25) is 0 Å². The van der Waals surface area contributed by atoms with Crippen molar-refractivity contribution in [3.05, 3.63) is 0 Å². The number of rotatable bonds is 11. The molecule has 0 saturated carbocycles. The molecule has 0 aliphatic carbocycles. The van der Waals surface area contributed by atoms with Gasteiger partial charge in [-0.15, -0.1) is 0 Å². The van der Waals surface area contributed by atoms with Crippen LogP contribution in [0.25, 0.3) is 0 Å². The molecule has 0 aromatic heterocycles. The van der Waals surface area contributed by atoms with Crippen molar-refractivity contribution in [3.8, 4) is 0 Å². The van der Waals surface area contributed by atoms with Crippen molar-refractivity contribution in [2.75, 3.05) is 13.1 Å². The van der Waals surface area contributed by atoms with Gasteiger partial charge >= 0.3 is 0 Å². The first kappa shape index (κ1) is 14.9. The Hall–Kier alpha value is -0.0800. The van der Waals surface area contributed by atoms with Crippen LogP contribution in [0.1, 0.15) is 65.2 Å². The smallest absolute Gasteiger partial charge is 0.0664 e. The average Bonchev–Trinajstić information content (AvgIpc) is 2.23. The number of nitrogens with one attached hydrogen (secondary N) is 1. The van der Waals surface area contributed by atoms with Gasteiger partial charge in [0.1, 0.15) is 0 Å². The molecule has 0 aliphatic heterocycles. The number of hydrogen-bond acceptors (Lipinski definition) is 2. The van der Waals surface area contributed by atoms with Gasteiger partial charge in [0, 0.05) is 6.54 Å². The first-order chi connectivity index (χ1) is 7.31. The summed E-state index contributed by atoms with van der Waals surface area (Å²) in [5.41, 5.74) is 0. The Morgan fingerprint density at radius 2 is 1.60 bits per heavy atom. The Balaban J connectivity index is 3.06. The molecule has 0 aromatic rings. The fraction of sp³-hybridized carbons (Fsp3) is 1.00. The summed E-state index contributed by atoms with van der Waals surface area (Å²) in [4.78, 5) is 0. The molecule has 0 fully saturated rings. The highest BCUT2D eigenvalue weighted by Gasteiger charge is 2.02. The summed E-state index contributed by atoms with van der Waals surface area (Å²) in [6.07, 6.45) is 9.80. The molecule has 92 valence electrons. The van der Waals surface area contributed by atoms with Crippen LogP contribution in [-0.4, -0.2) is 24.3 Å². The third kappa shape index (κ3) is 11.8. The lowest BCUT2D eigenvalue weighted by molar-refractivity contribution is 0.158. The predicted octanol–water partition coefficient (Wildman–Crippen LogP) is 3.10. The minimum atomic E-state index is -0.136. The third-order valence-electron chi connectivity index (χ3n) is 2.70. The van der Waals surface area contributed by atoms with E-state index >= 15 is 0 Å². The van der Waals surface area contributed by atoms with Crippen LogP contribution < -0.4 is 5.32 Å². The summed E-state index contributed by atoms with van der Waals surface area (Å²) in [5.74, 6) is 0. The van der Waals surface area contributed by atoms with Gasteiger partial charge in [-0.1, -0.05) is 52.4 Å². The number of aliphatic hydroxyl groups is 1. The molecule has 0 saturated heterocycles. The van der Waals surface area contributed by atoms with Gasteiger partial charge in [-0.05, 0) is 19.4 Å². The maximum absolute atomic E-state index is 9.62. The molecule has 1 unspecified atom stereocenters. The first-order valence-electron chi connectivity index (χ1n) is 6.70. The van der Waals surface area contributed by atoms with Gasteiger partial charge in [0.05, 0.1) is 6.10 Å². The molecule has 0 rings (SSSR count). The largest absolute Gasteiger partial charge is 0.392 e. The highest BCUT2D eigenvalue weighted by Crippen LogP contribution is 2.08. The monoisotopic (exact) mass is 215 g/mol. The van der Waals surface area contributed by atoms with Crippen molar-refractivity contribution in [1.82, 2.24) is 5.32 Å². The number of aliphatic hydroxyl groups excluding tert-OH is 1. The Kier molecular flexibility index (Phi) is 11.9. The molecular formula is C13H29NO. The lowest BCUT2D eigenvalue weighted by atomic mass is 10.1. The van der Waals surface area contributed by atoms with E-state index in [9.17, 15) is 5.11 Å². The van der Waals surface area contributed by atoms with E-state index in [1.165, 1.54) is 38.5 Å². The van der Waals surface area contributed by atoms with Gasteiger partial charge < -0.3 is 10.4 Å². The summed E-state index contributed by atoms with van der Waals surface area (Å²) >= 11 is 0. The number of unbranched alkanes of at least 4 members (excludes halogenated alkanes) is 5. The topological polar surface area (TPSA) is 32.3 Å². The quantitative estimate of drug-likeness (QED) is 0.519. The van der Waals surface area contributed by atoms with E-state index in [4.69, 9.17) is 0 Å². The van der Waals surface area contributed by atoms with E-state index < -0.39 is 0 Å². The van der Waals surface area contributed by atoms with Crippen LogP contribution in [0.15, 0.2) is 0 Å². The highest BCUT2D eigenvalue weighted by molar-refractivity contribution is 4.59. The second kappa shape index (κ2) is 12.0. The minimum Gasteiger partial charge on any atom is -0.392 e. The second-order valence-corrected chi connectivity index (χ2v) is 4.41. The maximum atomic E-state index is 9.62. The fourth-order valence-electron chi connectivity index (χ4n) is 1.71. The Morgan fingerprint density at radius 3 is 2.27 bits per heavy atom. The van der Waals surface area contributed by atoms with Gasteiger partial charge in [0.2, 0.25) is 0 Å². The summed E-state index contributed by atoms with van der Waals surface area (Å²) in [6, 6.07) is 0. The minimum absolute atomic E-state index is 0.136. The van der Waals surface area contributed by atoms with E-state index in [0.29, 0.717) is 0 Å². The lowest BCUT2D eigenvalue weighted by Crippen LogP contribution is -2.27. The zero-order valence-electron chi connectivity index (χ0n) is 10.6. The molecule has 0 amide bonds. The Morgan fingerprint density at radius 1 is 0.933 bits per heavy atom. The van der Waals surface area contributed by atoms with Crippen molar-refractivity contribution >= 4 is 0 Å². The van der Waals surface area contributed by atoms with E-state index in [1.54, 1.807) is 0 Å². The standard InChI is InChI=1S/C13H29NO/c1-3-5-6-7-8-9-10-13(15)12-14-11-4-2/h13-15H,3-12H2,1-2H3. The van der Waals surface area contributed by atoms with Crippen LogP contribution in [0.5, 0.6) is 0 Å². The van der Waals surface area contributed by atoms with Crippen molar-refractivity contribution < 1.29 is 5.11 Å². The molecular weight excluding hydrogens is 186 g/mol. The van der Waals surface area contributed by atoms with Crippen molar-refractivity contribution in [1.29, 1.82) is 0 Å². The molecule has 2 N–H and O–H groups in total. The van der Waals surface area contributed by atoms with Gasteiger partial charge in [0.15, 0.2) is 0 Å². The zero-order valence-corrected chi connectivity index (χ0v) is 10.6. The fourth-order valence-corrected chi connectivity index (χ4v) is 1.71. The molecule has 0 bridgehead atoms. The molecule has 0 spiro atoms. The zero-order chi connectivity index (χ0) is 11.4. The van der Waals surface area contributed by atoms with Gasteiger partial charge in [-0.25, -0.2) is 0 Å². The maximum Gasteiger partial charge on any atom is 0.0664 e. The Labute approximate surface area is 95.5 Å². The Bertz CT molecular complexity index is 117. The average molecular weight is 215 g/mol. The van der Waals surface area contributed by atoms with E-state index in [2.05, 4.69) is 19.2 Å². The molecule has 0 radical (unpaired) electrons. The van der Waals surface area contributed by atoms with Crippen LogP contribution in [0.4, 0.5) is 0 Å². The van der Waals surface area contributed by atoms with Gasteiger partial charge in [0.25, 0.3) is 0 Å². The second-order valence-electron chi connectivity index (χ2n) is 4.41. The van der Waals surface area contributed by atoms with Crippen LogP contribution in [-0.2, 0) is 0 Å². The lowest BCUT2D eigenvalue weighted by Gasteiger charge is -2.10. The van der Waals surface area contributed by atoms with Crippen molar-refractivity contribution in [3.63, 3.8) is 0 Å². The normalized spacial score (nSPS) is 13.0. The SMILES string of the molecule is CCCCCCCCC(O)CNCCC. The molecule has 1 atom stereocenters. The third-order valence-corrected chi connectivity index (χ3v) is 2.70. The summed E-state index contributed by atoms with van der Waals surface area (Å²) in [5, 5.41) is 12.9. The first-order valence-corrected chi connectivity index (χ1v) is 6.70. The van der Waals surface area contributed by atoms with E-state index in [1.807, 2.05) is 0 Å². The summed E-state index contributed by atoms with van der Waals surface area (Å²) < 4.78 is 0. The summed E-state index contributed by atoms with van der Waals surface area (Å²) in [7, 11) is 0. The molecule has 2 nitrogen and oxygen atoms in total. The van der Waals surface area contributed by atoms with Crippen LogP contribution >= 0.6 is 0 Å². The van der Waals surface area contributed by atoms with E-state index in [0.717, 1.165) is 25.9 Å². The molecule has 0 aliphatic rings. The predicted molar refractivity (Wildman–Crippen MR) is 67.2 cm³/mol. The molecule has 0 aromatic carbocycles. The molecule has 0 heterocycles. The van der Waals surface area contributed by atoms with Crippen molar-refractivity contribution in [2.45, 2.75) is 71.3 Å². The van der Waals surface area contributed by atoms with Gasteiger partial charge in [-0.2, -0.15) is 0 Å². The van der Waals surface area contributed by atoms with Crippen molar-refractivity contribution in [2.24, 2.45) is 0 Å². The molecule has 2 heteroatoms. The summed E-state index contributed by atoms with van der Waals surface area (Å²) in [6.45, 7) is 6.17. The van der Waals surface area contributed by atoms with Crippen LogP contribution in [0.3, 0.4) is 0 Å². The van der Waals surface area contributed by atoms with Crippen LogP contribution in [0.2, 0.25) is 0 Å². The van der Waals surface area contributed by atoms with E-state index in [-0.39, 0.29) is 6.10 Å². The highest BCUT2D eigenvalue weighted by atomic mass is 16.3. The van der Waals surface area contributed by atoms with Crippen LogP contribution in [0, 0.1) is 0 Å².